The summed E-state index contributed by atoms with van der Waals surface area (Å²) in [7, 11) is 0. The molecule has 174 valence electrons. The third-order valence-corrected chi connectivity index (χ3v) is 6.60. The molecule has 0 amide bonds. The summed E-state index contributed by atoms with van der Waals surface area (Å²) >= 11 is 6.48. The Bertz CT molecular complexity index is 675. The zero-order valence-electron chi connectivity index (χ0n) is 18.5. The molecule has 0 spiro atoms. The van der Waals surface area contributed by atoms with Crippen LogP contribution in [0.1, 0.15) is 76.4 Å². The Morgan fingerprint density at radius 3 is 2.61 bits per heavy atom. The first-order valence-corrected chi connectivity index (χ1v) is 12.0. The van der Waals surface area contributed by atoms with Gasteiger partial charge in [-0.1, -0.05) is 50.5 Å². The molecule has 0 aromatic heterocycles. The average Bonchev–Trinajstić information content (AvgIpc) is 3.01. The van der Waals surface area contributed by atoms with Gasteiger partial charge in [-0.3, -0.25) is 4.79 Å². The zero-order chi connectivity index (χ0) is 22.6. The summed E-state index contributed by atoms with van der Waals surface area (Å²) in [4.78, 5) is 10.6. The molecule has 1 aliphatic carbocycles. The number of ether oxygens (including phenoxy) is 1. The van der Waals surface area contributed by atoms with Gasteiger partial charge >= 0.3 is 5.97 Å². The average molecular weight is 453 g/mol. The van der Waals surface area contributed by atoms with Crippen molar-refractivity contribution in [2.45, 2.75) is 82.3 Å². The minimum atomic E-state index is -0.774. The number of aliphatic hydroxyl groups is 2. The standard InChI is InChI=1S/C25H37ClO5/c1-2-3-6-10-23(27)18-12-14-19(15-13-18)31-17-21-20(22(26)16-24(21)28)9-7-4-5-8-11-25(29)30/h4,7,12-15,20-24,27-28H,2-3,5-6,8-11,16-17H2,1H3,(H,29,30)/b7-4-/t20-,21-,22+,23?,24-/m1/s1. The van der Waals surface area contributed by atoms with Crippen LogP contribution in [0.5, 0.6) is 5.75 Å². The van der Waals surface area contributed by atoms with Crippen LogP contribution in [0.4, 0.5) is 0 Å². The number of hydrogen-bond acceptors (Lipinski definition) is 4. The summed E-state index contributed by atoms with van der Waals surface area (Å²) in [6, 6.07) is 7.54. The lowest BCUT2D eigenvalue weighted by Gasteiger charge is -2.23. The van der Waals surface area contributed by atoms with Gasteiger partial charge in [0.25, 0.3) is 0 Å². The fourth-order valence-corrected chi connectivity index (χ4v) is 4.64. The molecule has 5 atom stereocenters. The number of aliphatic hydroxyl groups excluding tert-OH is 2. The highest BCUT2D eigenvalue weighted by Gasteiger charge is 2.41. The topological polar surface area (TPSA) is 87.0 Å². The van der Waals surface area contributed by atoms with Crippen LogP contribution < -0.4 is 4.74 Å². The van der Waals surface area contributed by atoms with Crippen molar-refractivity contribution >= 4 is 17.6 Å². The third kappa shape index (κ3) is 8.83. The number of carboxylic acids is 1. The zero-order valence-corrected chi connectivity index (χ0v) is 19.2. The van der Waals surface area contributed by atoms with Crippen molar-refractivity contribution in [1.29, 1.82) is 0 Å². The smallest absolute Gasteiger partial charge is 0.303 e. The Balaban J connectivity index is 1.82. The second-order valence-electron chi connectivity index (χ2n) is 8.53. The van der Waals surface area contributed by atoms with Crippen molar-refractivity contribution in [3.8, 4) is 5.75 Å². The summed E-state index contributed by atoms with van der Waals surface area (Å²) < 4.78 is 5.95. The highest BCUT2D eigenvalue weighted by atomic mass is 35.5. The van der Waals surface area contributed by atoms with Crippen molar-refractivity contribution in [2.75, 3.05) is 6.61 Å². The van der Waals surface area contributed by atoms with Crippen LogP contribution in [-0.4, -0.2) is 39.4 Å². The number of halogens is 1. The molecular weight excluding hydrogens is 416 g/mol. The van der Waals surface area contributed by atoms with Gasteiger partial charge in [0.1, 0.15) is 5.75 Å². The van der Waals surface area contributed by atoms with Crippen LogP contribution in [0.15, 0.2) is 36.4 Å². The predicted molar refractivity (Wildman–Crippen MR) is 124 cm³/mol. The third-order valence-electron chi connectivity index (χ3n) is 6.10. The van der Waals surface area contributed by atoms with Gasteiger partial charge in [0.15, 0.2) is 0 Å². The fourth-order valence-electron chi connectivity index (χ4n) is 4.17. The van der Waals surface area contributed by atoms with Crippen LogP contribution in [0.25, 0.3) is 0 Å². The molecule has 6 heteroatoms. The fraction of sp³-hybridized carbons (Fsp3) is 0.640. The summed E-state index contributed by atoms with van der Waals surface area (Å²) in [5, 5.41) is 29.3. The molecule has 1 aromatic rings. The lowest BCUT2D eigenvalue weighted by Crippen LogP contribution is -2.27. The minimum absolute atomic E-state index is 0.0505. The van der Waals surface area contributed by atoms with Crippen molar-refractivity contribution in [3.05, 3.63) is 42.0 Å². The van der Waals surface area contributed by atoms with Gasteiger partial charge in [-0.15, -0.1) is 11.6 Å². The van der Waals surface area contributed by atoms with E-state index in [1.807, 2.05) is 36.4 Å². The number of carbonyl (C=O) groups is 1. The quantitative estimate of drug-likeness (QED) is 0.197. The van der Waals surface area contributed by atoms with Crippen LogP contribution in [0, 0.1) is 11.8 Å². The normalized spacial score (nSPS) is 24.5. The van der Waals surface area contributed by atoms with E-state index < -0.39 is 18.2 Å². The van der Waals surface area contributed by atoms with Crippen molar-refractivity contribution in [3.63, 3.8) is 0 Å². The number of unbranched alkanes of at least 4 members (excludes halogenated alkanes) is 3. The van der Waals surface area contributed by atoms with Crippen molar-refractivity contribution in [2.24, 2.45) is 11.8 Å². The van der Waals surface area contributed by atoms with Gasteiger partial charge in [0.05, 0.1) is 18.8 Å². The van der Waals surface area contributed by atoms with Crippen LogP contribution >= 0.6 is 11.6 Å². The lowest BCUT2D eigenvalue weighted by atomic mass is 9.92. The number of allylic oxidation sites excluding steroid dienone is 2. The van der Waals surface area contributed by atoms with E-state index >= 15 is 0 Å². The summed E-state index contributed by atoms with van der Waals surface area (Å²) in [6.07, 6.45) is 9.98. The maximum Gasteiger partial charge on any atom is 0.303 e. The number of hydrogen-bond donors (Lipinski definition) is 3. The Kier molecular flexibility index (Phi) is 11.4. The summed E-state index contributed by atoms with van der Waals surface area (Å²) in [5.41, 5.74) is 0.899. The van der Waals surface area contributed by atoms with E-state index in [-0.39, 0.29) is 23.6 Å². The summed E-state index contributed by atoms with van der Waals surface area (Å²) in [6.45, 7) is 2.54. The van der Waals surface area contributed by atoms with Crippen LogP contribution in [0.3, 0.4) is 0 Å². The number of alkyl halides is 1. The van der Waals surface area contributed by atoms with Gasteiger partial charge in [0, 0.05) is 17.7 Å². The number of rotatable bonds is 14. The van der Waals surface area contributed by atoms with Crippen molar-refractivity contribution in [1.82, 2.24) is 0 Å². The molecular formula is C25H37ClO5. The largest absolute Gasteiger partial charge is 0.493 e. The molecule has 1 aromatic carbocycles. The van der Waals surface area contributed by atoms with E-state index in [0.29, 0.717) is 19.4 Å². The maximum atomic E-state index is 10.6. The molecule has 31 heavy (non-hydrogen) atoms. The monoisotopic (exact) mass is 452 g/mol. The second kappa shape index (κ2) is 13.8. The van der Waals surface area contributed by atoms with E-state index in [0.717, 1.165) is 49.8 Å². The maximum absolute atomic E-state index is 10.6. The first-order valence-electron chi connectivity index (χ1n) is 11.5. The van der Waals surface area contributed by atoms with Crippen molar-refractivity contribution < 1.29 is 24.9 Å². The molecule has 5 nitrogen and oxygen atoms in total. The molecule has 0 saturated heterocycles. The molecule has 1 unspecified atom stereocenters. The molecule has 3 N–H and O–H groups in total. The first kappa shape index (κ1) is 25.7. The summed E-state index contributed by atoms with van der Waals surface area (Å²) in [5.74, 6) is 0.0135. The molecule has 1 fully saturated rings. The number of aliphatic carboxylic acids is 1. The number of carboxylic acid groups (broad SMARTS) is 1. The Hall–Kier alpha value is -1.56. The Labute approximate surface area is 191 Å². The van der Waals surface area contributed by atoms with Crippen LogP contribution in [-0.2, 0) is 4.79 Å². The molecule has 0 radical (unpaired) electrons. The molecule has 0 bridgehead atoms. The Morgan fingerprint density at radius 1 is 1.19 bits per heavy atom. The van der Waals surface area contributed by atoms with Gasteiger partial charge in [-0.05, 0) is 55.7 Å². The second-order valence-corrected chi connectivity index (χ2v) is 9.09. The van der Waals surface area contributed by atoms with E-state index in [9.17, 15) is 15.0 Å². The molecule has 2 rings (SSSR count). The van der Waals surface area contributed by atoms with E-state index in [1.54, 1.807) is 0 Å². The molecule has 0 aliphatic heterocycles. The molecule has 1 saturated carbocycles. The molecule has 0 heterocycles. The van der Waals surface area contributed by atoms with Gasteiger partial charge in [0.2, 0.25) is 0 Å². The van der Waals surface area contributed by atoms with Gasteiger partial charge in [-0.2, -0.15) is 0 Å². The van der Waals surface area contributed by atoms with E-state index in [4.69, 9.17) is 21.4 Å². The van der Waals surface area contributed by atoms with Gasteiger partial charge in [-0.25, -0.2) is 0 Å². The Morgan fingerprint density at radius 2 is 1.94 bits per heavy atom. The van der Waals surface area contributed by atoms with Gasteiger partial charge < -0.3 is 20.1 Å². The van der Waals surface area contributed by atoms with E-state index in [2.05, 4.69) is 6.92 Å². The molecule has 1 aliphatic rings. The minimum Gasteiger partial charge on any atom is -0.493 e. The van der Waals surface area contributed by atoms with Crippen LogP contribution in [0.2, 0.25) is 0 Å². The SMILES string of the molecule is CCCCCC(O)c1ccc(OC[C@@H]2[C@@H](C/C=C\CCCC(=O)O)[C@@H](Cl)C[C@H]2O)cc1. The number of benzene rings is 1. The highest BCUT2D eigenvalue weighted by Crippen LogP contribution is 2.39. The highest BCUT2D eigenvalue weighted by molar-refractivity contribution is 6.21. The first-order chi connectivity index (χ1) is 14.9. The van der Waals surface area contributed by atoms with E-state index in [1.165, 1.54) is 0 Å². The lowest BCUT2D eigenvalue weighted by molar-refractivity contribution is -0.137. The predicted octanol–water partition coefficient (Wildman–Crippen LogP) is 5.48.